The fourth-order valence-corrected chi connectivity index (χ4v) is 3.92. The lowest BCUT2D eigenvalue weighted by atomic mass is 9.78. The van der Waals surface area contributed by atoms with Crippen molar-refractivity contribution in [3.63, 3.8) is 0 Å². The third-order valence-electron chi connectivity index (χ3n) is 5.65. The van der Waals surface area contributed by atoms with Gasteiger partial charge in [0.15, 0.2) is 0 Å². The molecule has 0 saturated heterocycles. The summed E-state index contributed by atoms with van der Waals surface area (Å²) in [4.78, 5) is 23.8. The zero-order chi connectivity index (χ0) is 21.6. The van der Waals surface area contributed by atoms with Gasteiger partial charge in [-0.25, -0.2) is 0 Å². The van der Waals surface area contributed by atoms with Gasteiger partial charge in [0.1, 0.15) is 11.8 Å². The van der Waals surface area contributed by atoms with Crippen molar-refractivity contribution in [1.29, 1.82) is 5.26 Å². The van der Waals surface area contributed by atoms with E-state index in [1.165, 1.54) is 12.1 Å². The van der Waals surface area contributed by atoms with Gasteiger partial charge in [0.25, 0.3) is 5.69 Å². The summed E-state index contributed by atoms with van der Waals surface area (Å²) in [5, 5.41) is 23.4. The predicted octanol–water partition coefficient (Wildman–Crippen LogP) is 5.10. The maximum atomic E-state index is 13.3. The number of nitro benzene ring substituents is 1. The summed E-state index contributed by atoms with van der Waals surface area (Å²) < 4.78 is 5.65. The van der Waals surface area contributed by atoms with Crippen LogP contribution in [0, 0.1) is 21.4 Å². The summed E-state index contributed by atoms with van der Waals surface area (Å²) >= 11 is 0. The molecule has 0 aliphatic heterocycles. The highest BCUT2D eigenvalue weighted by Crippen LogP contribution is 2.42. The van der Waals surface area contributed by atoms with Crippen molar-refractivity contribution < 1.29 is 14.5 Å². The Morgan fingerprint density at radius 3 is 2.53 bits per heavy atom. The molecule has 0 radical (unpaired) electrons. The van der Waals surface area contributed by atoms with Crippen LogP contribution in [0.4, 0.5) is 11.4 Å². The van der Waals surface area contributed by atoms with E-state index in [1.54, 1.807) is 30.3 Å². The predicted molar refractivity (Wildman–Crippen MR) is 113 cm³/mol. The van der Waals surface area contributed by atoms with Crippen LogP contribution < -0.4 is 10.1 Å². The standard InChI is InChI=1S/C23H25N3O4/c1-2-3-14-30-20-10-11-21(17(15-20)16-24)25-22(27)23(12-4-5-13-23)18-6-8-19(9-7-18)26(28)29/h6-11,15H,2-5,12-14H2,1H3,(H,25,27). The molecule has 0 heterocycles. The van der Waals surface area contributed by atoms with Crippen LogP contribution in [0.3, 0.4) is 0 Å². The van der Waals surface area contributed by atoms with Gasteiger partial charge in [0.2, 0.25) is 5.91 Å². The van der Waals surface area contributed by atoms with Crippen molar-refractivity contribution in [1.82, 2.24) is 0 Å². The molecule has 1 fully saturated rings. The van der Waals surface area contributed by atoms with Crippen molar-refractivity contribution in [2.24, 2.45) is 0 Å². The number of anilines is 1. The number of amides is 1. The average Bonchev–Trinajstić information content (AvgIpc) is 3.26. The molecule has 30 heavy (non-hydrogen) atoms. The van der Waals surface area contributed by atoms with E-state index < -0.39 is 10.3 Å². The van der Waals surface area contributed by atoms with Gasteiger partial charge in [-0.2, -0.15) is 5.26 Å². The Kier molecular flexibility index (Phi) is 6.68. The summed E-state index contributed by atoms with van der Waals surface area (Å²) in [6.45, 7) is 2.66. The topological polar surface area (TPSA) is 105 Å². The van der Waals surface area contributed by atoms with Gasteiger partial charge in [0, 0.05) is 12.1 Å². The molecule has 1 aliphatic carbocycles. The molecule has 2 aromatic rings. The second kappa shape index (κ2) is 9.40. The minimum atomic E-state index is -0.752. The second-order valence-corrected chi connectivity index (χ2v) is 7.57. The second-order valence-electron chi connectivity index (χ2n) is 7.57. The van der Waals surface area contributed by atoms with E-state index in [1.807, 2.05) is 0 Å². The molecule has 0 unspecified atom stereocenters. The molecule has 7 nitrogen and oxygen atoms in total. The lowest BCUT2D eigenvalue weighted by molar-refractivity contribution is -0.384. The number of nitro groups is 1. The number of rotatable bonds is 8. The van der Waals surface area contributed by atoms with Crippen molar-refractivity contribution in [2.75, 3.05) is 11.9 Å². The maximum Gasteiger partial charge on any atom is 0.269 e. The summed E-state index contributed by atoms with van der Waals surface area (Å²) in [5.41, 5.74) is 0.796. The van der Waals surface area contributed by atoms with Gasteiger partial charge in [-0.15, -0.1) is 0 Å². The van der Waals surface area contributed by atoms with E-state index in [-0.39, 0.29) is 11.6 Å². The molecule has 1 N–H and O–H groups in total. The highest BCUT2D eigenvalue weighted by Gasteiger charge is 2.43. The number of carbonyl (C=O) groups excluding carboxylic acids is 1. The van der Waals surface area contributed by atoms with E-state index in [0.29, 0.717) is 36.4 Å². The van der Waals surface area contributed by atoms with Gasteiger partial charge in [-0.05, 0) is 43.0 Å². The van der Waals surface area contributed by atoms with Crippen molar-refractivity contribution in [3.8, 4) is 11.8 Å². The summed E-state index contributed by atoms with van der Waals surface area (Å²) in [6, 6.07) is 13.4. The maximum absolute atomic E-state index is 13.3. The SMILES string of the molecule is CCCCOc1ccc(NC(=O)C2(c3ccc([N+](=O)[O-])cc3)CCCC2)c(C#N)c1. The van der Waals surface area contributed by atoms with Gasteiger partial charge >= 0.3 is 0 Å². The molecule has 156 valence electrons. The number of nitrogens with one attached hydrogen (secondary N) is 1. The number of hydrogen-bond donors (Lipinski definition) is 1. The molecule has 2 aromatic carbocycles. The quantitative estimate of drug-likeness (QED) is 0.372. The first-order chi connectivity index (χ1) is 14.5. The smallest absolute Gasteiger partial charge is 0.269 e. The Morgan fingerprint density at radius 1 is 1.23 bits per heavy atom. The van der Waals surface area contributed by atoms with Crippen molar-refractivity contribution in [2.45, 2.75) is 50.9 Å². The van der Waals surface area contributed by atoms with Crippen molar-refractivity contribution in [3.05, 3.63) is 63.7 Å². The Balaban J connectivity index is 1.83. The number of unbranched alkanes of at least 4 members (excludes halogenated alkanes) is 1. The Hall–Kier alpha value is -3.40. The van der Waals surface area contributed by atoms with E-state index in [2.05, 4.69) is 18.3 Å². The number of nitrogens with zero attached hydrogens (tertiary/aromatic N) is 2. The lowest BCUT2D eigenvalue weighted by Gasteiger charge is -2.28. The molecule has 1 amide bonds. The third-order valence-corrected chi connectivity index (χ3v) is 5.65. The van der Waals surface area contributed by atoms with Gasteiger partial charge in [-0.1, -0.05) is 38.3 Å². The van der Waals surface area contributed by atoms with Gasteiger partial charge < -0.3 is 10.1 Å². The van der Waals surface area contributed by atoms with E-state index >= 15 is 0 Å². The summed E-state index contributed by atoms with van der Waals surface area (Å²) in [7, 11) is 0. The van der Waals surface area contributed by atoms with Crippen LogP contribution in [-0.4, -0.2) is 17.4 Å². The zero-order valence-electron chi connectivity index (χ0n) is 17.0. The molecule has 0 bridgehead atoms. The van der Waals surface area contributed by atoms with Crippen LogP contribution >= 0.6 is 0 Å². The molecule has 1 saturated carbocycles. The van der Waals surface area contributed by atoms with Crippen LogP contribution in [0.5, 0.6) is 5.75 Å². The molecular weight excluding hydrogens is 382 g/mol. The number of hydrogen-bond acceptors (Lipinski definition) is 5. The first kappa shape index (κ1) is 21.3. The number of carbonyl (C=O) groups is 1. The molecule has 0 spiro atoms. The van der Waals surface area contributed by atoms with E-state index in [0.717, 1.165) is 31.2 Å². The van der Waals surface area contributed by atoms with Crippen LogP contribution in [-0.2, 0) is 10.2 Å². The monoisotopic (exact) mass is 407 g/mol. The summed E-state index contributed by atoms with van der Waals surface area (Å²) in [6.07, 6.45) is 5.08. The molecular formula is C23H25N3O4. The van der Waals surface area contributed by atoms with Gasteiger partial charge in [-0.3, -0.25) is 14.9 Å². The van der Waals surface area contributed by atoms with Crippen LogP contribution in [0.1, 0.15) is 56.6 Å². The Morgan fingerprint density at radius 2 is 1.93 bits per heavy atom. The lowest BCUT2D eigenvalue weighted by Crippen LogP contribution is -2.38. The number of benzene rings is 2. The van der Waals surface area contributed by atoms with E-state index in [9.17, 15) is 20.2 Å². The number of ether oxygens (including phenoxy) is 1. The average molecular weight is 407 g/mol. The molecule has 3 rings (SSSR count). The molecule has 0 atom stereocenters. The van der Waals surface area contributed by atoms with Crippen LogP contribution in [0.15, 0.2) is 42.5 Å². The molecule has 1 aliphatic rings. The highest BCUT2D eigenvalue weighted by molar-refractivity contribution is 6.00. The summed E-state index contributed by atoms with van der Waals surface area (Å²) in [5.74, 6) is 0.411. The normalized spacial score (nSPS) is 14.7. The van der Waals surface area contributed by atoms with Crippen LogP contribution in [0.2, 0.25) is 0 Å². The minimum absolute atomic E-state index is 0.00210. The fraction of sp³-hybridized carbons (Fsp3) is 0.391. The fourth-order valence-electron chi connectivity index (χ4n) is 3.92. The number of non-ortho nitro benzene ring substituents is 1. The van der Waals surface area contributed by atoms with Crippen molar-refractivity contribution >= 4 is 17.3 Å². The van der Waals surface area contributed by atoms with Gasteiger partial charge in [0.05, 0.1) is 28.2 Å². The Bertz CT molecular complexity index is 957. The minimum Gasteiger partial charge on any atom is -0.494 e. The van der Waals surface area contributed by atoms with Crippen LogP contribution in [0.25, 0.3) is 0 Å². The largest absolute Gasteiger partial charge is 0.494 e. The third kappa shape index (κ3) is 4.43. The van der Waals surface area contributed by atoms with E-state index in [4.69, 9.17) is 4.74 Å². The highest BCUT2D eigenvalue weighted by atomic mass is 16.6. The first-order valence-corrected chi connectivity index (χ1v) is 10.2. The Labute approximate surface area is 175 Å². The number of nitriles is 1. The molecule has 7 heteroatoms. The molecule has 0 aromatic heterocycles. The zero-order valence-corrected chi connectivity index (χ0v) is 17.0. The first-order valence-electron chi connectivity index (χ1n) is 10.2.